The Morgan fingerprint density at radius 2 is 1.86 bits per heavy atom. The third kappa shape index (κ3) is 6.64. The van der Waals surface area contributed by atoms with Gasteiger partial charge in [-0.15, -0.1) is 0 Å². The van der Waals surface area contributed by atoms with Gasteiger partial charge in [0.25, 0.3) is 0 Å². The molecule has 0 radical (unpaired) electrons. The van der Waals surface area contributed by atoms with Gasteiger partial charge in [0.15, 0.2) is 11.5 Å². The van der Waals surface area contributed by atoms with Gasteiger partial charge in [-0.25, -0.2) is 32.3 Å². The number of fused-ring (bicyclic) bond motifs is 1. The van der Waals surface area contributed by atoms with Gasteiger partial charge in [0, 0.05) is 6.42 Å². The van der Waals surface area contributed by atoms with Gasteiger partial charge in [-0.05, 0) is 0 Å². The summed E-state index contributed by atoms with van der Waals surface area (Å²) >= 11 is 0. The molecule has 0 aromatic carbocycles. The number of aromatic nitrogens is 4. The lowest BCUT2D eigenvalue weighted by atomic mass is 10.2. The summed E-state index contributed by atoms with van der Waals surface area (Å²) in [6.45, 7) is -1.14. The maximum atomic E-state index is 13.2. The van der Waals surface area contributed by atoms with E-state index >= 15 is 0 Å². The van der Waals surface area contributed by atoms with E-state index < -0.39 is 42.4 Å². The van der Waals surface area contributed by atoms with Gasteiger partial charge in [0.2, 0.25) is 0 Å². The number of rotatable bonds is 10. The minimum absolute atomic E-state index is 0.0657. The second-order valence-corrected chi connectivity index (χ2v) is 9.92. The number of ether oxygens (including phenoxy) is 1. The molecule has 6 N–H and O–H groups in total. The van der Waals surface area contributed by atoms with Gasteiger partial charge in [-0.1, -0.05) is 0 Å². The fourth-order valence-electron chi connectivity index (χ4n) is 1.95. The van der Waals surface area contributed by atoms with Crippen molar-refractivity contribution in [2.45, 2.75) is 12.5 Å². The summed E-state index contributed by atoms with van der Waals surface area (Å²) in [5.74, 6) is 0.0657. The third-order valence-corrected chi connectivity index (χ3v) is 6.92. The highest BCUT2D eigenvalue weighted by molar-refractivity contribution is 7.68. The first-order valence-electron chi connectivity index (χ1n) is 7.05. The molecule has 0 amide bonds. The Labute approximate surface area is 155 Å². The van der Waals surface area contributed by atoms with Crippen molar-refractivity contribution in [3.05, 3.63) is 18.2 Å². The van der Waals surface area contributed by atoms with Gasteiger partial charge in [0.05, 0.1) is 18.0 Å². The first kappa shape index (κ1) is 23.0. The molecule has 2 rings (SSSR count). The van der Waals surface area contributed by atoms with Crippen LogP contribution in [0.2, 0.25) is 0 Å². The first-order valence-corrected chi connectivity index (χ1v) is 11.8. The van der Waals surface area contributed by atoms with Crippen LogP contribution in [0, 0.1) is 0 Å². The molecular formula is C9H15FN5O10P3. The van der Waals surface area contributed by atoms with Crippen molar-refractivity contribution in [2.75, 3.05) is 18.8 Å². The average Bonchev–Trinajstić information content (AvgIpc) is 2.92. The van der Waals surface area contributed by atoms with E-state index in [0.717, 1.165) is 6.33 Å². The second kappa shape index (κ2) is 8.59. The van der Waals surface area contributed by atoms with E-state index in [-0.39, 0.29) is 17.9 Å². The number of hydrogen-bond donors (Lipinski definition) is 5. The van der Waals surface area contributed by atoms with E-state index in [1.165, 1.54) is 10.7 Å². The number of anilines is 1. The Hall–Kier alpha value is -1.31. The number of nitrogen functional groups attached to an aromatic ring is 1. The first-order chi connectivity index (χ1) is 12.8. The number of imidazole rings is 1. The van der Waals surface area contributed by atoms with E-state index in [9.17, 15) is 23.0 Å². The number of nitrogens with zero attached hydrogens (tertiary/aromatic N) is 4. The van der Waals surface area contributed by atoms with Gasteiger partial charge in [0.1, 0.15) is 19.3 Å². The molecule has 3 atom stereocenters. The molecule has 0 saturated heterocycles. The molecule has 2 heterocycles. The fourth-order valence-corrected chi connectivity index (χ4v) is 5.29. The van der Waals surface area contributed by atoms with Crippen LogP contribution in [0.3, 0.4) is 0 Å². The van der Waals surface area contributed by atoms with Crippen molar-refractivity contribution in [3.63, 3.8) is 0 Å². The van der Waals surface area contributed by atoms with Crippen molar-refractivity contribution < 1.29 is 51.0 Å². The fraction of sp³-hybridized carbons (Fsp3) is 0.444. The lowest BCUT2D eigenvalue weighted by Crippen LogP contribution is -2.21. The van der Waals surface area contributed by atoms with E-state index in [4.69, 9.17) is 25.2 Å². The zero-order chi connectivity index (χ0) is 21.2. The highest BCUT2D eigenvalue weighted by Gasteiger charge is 2.40. The summed E-state index contributed by atoms with van der Waals surface area (Å²) in [6, 6.07) is 0. The summed E-state index contributed by atoms with van der Waals surface area (Å²) in [4.78, 5) is 43.1. The molecule has 158 valence electrons. The molecule has 2 aromatic rings. The van der Waals surface area contributed by atoms with Crippen LogP contribution < -0.4 is 5.73 Å². The summed E-state index contributed by atoms with van der Waals surface area (Å²) < 4.78 is 60.2. The smallest absolute Gasteiger partial charge is 0.381 e. The minimum Gasteiger partial charge on any atom is -0.381 e. The van der Waals surface area contributed by atoms with Gasteiger partial charge < -0.3 is 30.0 Å². The van der Waals surface area contributed by atoms with Crippen molar-refractivity contribution in [2.24, 2.45) is 0 Å². The monoisotopic (exact) mass is 465 g/mol. The number of nitrogens with two attached hydrogens (primary N) is 1. The third-order valence-electron chi connectivity index (χ3n) is 2.92. The number of hydrogen-bond acceptors (Lipinski definition) is 10. The van der Waals surface area contributed by atoms with Gasteiger partial charge in [-0.2, -0.15) is 9.41 Å². The maximum Gasteiger partial charge on any atom is 0.488 e. The molecule has 3 unspecified atom stereocenters. The van der Waals surface area contributed by atoms with Crippen LogP contribution in [-0.4, -0.2) is 58.3 Å². The Morgan fingerprint density at radius 1 is 1.18 bits per heavy atom. The van der Waals surface area contributed by atoms with E-state index in [1.807, 2.05) is 0 Å². The molecule has 0 spiro atoms. The van der Waals surface area contributed by atoms with Crippen molar-refractivity contribution in [1.29, 1.82) is 0 Å². The molecule has 2 aromatic heterocycles. The van der Waals surface area contributed by atoms with Crippen LogP contribution in [0.4, 0.5) is 10.2 Å². The zero-order valence-electron chi connectivity index (χ0n) is 13.7. The van der Waals surface area contributed by atoms with Gasteiger partial charge >= 0.3 is 23.2 Å². The summed E-state index contributed by atoms with van der Waals surface area (Å²) in [5.41, 5.74) is 6.12. The predicted molar refractivity (Wildman–Crippen MR) is 88.5 cm³/mol. The van der Waals surface area contributed by atoms with E-state index in [0.29, 0.717) is 5.69 Å². The van der Waals surface area contributed by atoms with Crippen LogP contribution in [0.5, 0.6) is 0 Å². The largest absolute Gasteiger partial charge is 0.488 e. The standard InChI is InChI=1S/C9H15FN5O10P3/c10-2-7(1-6-3-12-9-8(11)13-4-14-15(6)9)23-5-26(16,17)24-28(21,22)25-27(18,19)20/h3-4,7H,1-2,5H2,(H,16,17)(H,21,22)(H2,11,13,14)(H2,18,19,20). The number of halogens is 1. The molecular weight excluding hydrogens is 450 g/mol. The molecule has 0 fully saturated rings. The Balaban J connectivity index is 2.02. The molecule has 28 heavy (non-hydrogen) atoms. The molecule has 0 aliphatic rings. The highest BCUT2D eigenvalue weighted by Crippen LogP contribution is 2.65. The normalized spacial score (nSPS) is 17.9. The quantitative estimate of drug-likeness (QED) is 0.290. The molecule has 0 aliphatic carbocycles. The van der Waals surface area contributed by atoms with Crippen molar-refractivity contribution in [3.8, 4) is 0 Å². The Morgan fingerprint density at radius 3 is 2.46 bits per heavy atom. The summed E-state index contributed by atoms with van der Waals surface area (Å²) in [5, 5.41) is 3.88. The summed E-state index contributed by atoms with van der Waals surface area (Å²) in [6.07, 6.45) is -0.346. The van der Waals surface area contributed by atoms with Crippen LogP contribution in [0.25, 0.3) is 5.65 Å². The topological polar surface area (TPSA) is 229 Å². The van der Waals surface area contributed by atoms with Crippen molar-refractivity contribution in [1.82, 2.24) is 19.6 Å². The molecule has 0 bridgehead atoms. The Bertz CT molecular complexity index is 981. The Kier molecular flexibility index (Phi) is 7.05. The van der Waals surface area contributed by atoms with E-state index in [2.05, 4.69) is 23.7 Å². The van der Waals surface area contributed by atoms with Crippen LogP contribution in [-0.2, 0) is 33.5 Å². The number of alkyl halides is 1. The molecule has 15 nitrogen and oxygen atoms in total. The van der Waals surface area contributed by atoms with Crippen LogP contribution >= 0.6 is 23.2 Å². The predicted octanol–water partition coefficient (Wildman–Crippen LogP) is -0.0271. The van der Waals surface area contributed by atoms with E-state index in [1.54, 1.807) is 0 Å². The average molecular weight is 465 g/mol. The second-order valence-electron chi connectivity index (χ2n) is 5.17. The molecule has 19 heteroatoms. The highest BCUT2D eigenvalue weighted by atomic mass is 31.3. The SMILES string of the molecule is Nc1ncnn2c(CC(CF)OCP(=O)(O)OP(=O)(O)OP(=O)(O)O)cnc12. The lowest BCUT2D eigenvalue weighted by molar-refractivity contribution is 0.0549. The van der Waals surface area contributed by atoms with Crippen LogP contribution in [0.15, 0.2) is 12.5 Å². The minimum atomic E-state index is -5.59. The summed E-state index contributed by atoms with van der Waals surface area (Å²) in [7, 11) is -16.1. The van der Waals surface area contributed by atoms with Crippen molar-refractivity contribution >= 4 is 34.7 Å². The molecule has 0 aliphatic heterocycles. The van der Waals surface area contributed by atoms with Gasteiger partial charge in [-0.3, -0.25) is 4.57 Å². The lowest BCUT2D eigenvalue weighted by Gasteiger charge is -2.19. The maximum absolute atomic E-state index is 13.2. The zero-order valence-corrected chi connectivity index (χ0v) is 16.4. The molecule has 0 saturated carbocycles. The van der Waals surface area contributed by atoms with Crippen LogP contribution in [0.1, 0.15) is 5.69 Å². The number of phosphoric acid groups is 2.